The first-order chi connectivity index (χ1) is 13.1. The zero-order valence-electron chi connectivity index (χ0n) is 15.4. The molecule has 1 aromatic heterocycles. The highest BCUT2D eigenvalue weighted by atomic mass is 35.5. The molecule has 1 saturated carbocycles. The highest BCUT2D eigenvalue weighted by molar-refractivity contribution is 6.35. The first kappa shape index (κ1) is 17.3. The Morgan fingerprint density at radius 2 is 1.89 bits per heavy atom. The van der Waals surface area contributed by atoms with Gasteiger partial charge in [0, 0.05) is 5.56 Å². The fraction of sp³-hybridized carbons (Fsp3) is 0.600. The van der Waals surface area contributed by atoms with E-state index in [4.69, 9.17) is 21.0 Å². The van der Waals surface area contributed by atoms with Gasteiger partial charge in [-0.15, -0.1) is 0 Å². The molecule has 7 heteroatoms. The van der Waals surface area contributed by atoms with Gasteiger partial charge in [-0.05, 0) is 44.8 Å². The third-order valence-corrected chi connectivity index (χ3v) is 6.56. The van der Waals surface area contributed by atoms with Crippen molar-refractivity contribution in [3.8, 4) is 0 Å². The Balaban J connectivity index is 1.61. The van der Waals surface area contributed by atoms with Gasteiger partial charge in [0.15, 0.2) is 5.58 Å². The highest BCUT2D eigenvalue weighted by Gasteiger charge is 2.44. The van der Waals surface area contributed by atoms with Crippen molar-refractivity contribution < 1.29 is 9.21 Å². The van der Waals surface area contributed by atoms with E-state index in [2.05, 4.69) is 15.5 Å². The van der Waals surface area contributed by atoms with Gasteiger partial charge < -0.3 is 15.1 Å². The number of anilines is 1. The highest BCUT2D eigenvalue weighted by Crippen LogP contribution is 2.48. The Bertz CT molecular complexity index is 882. The van der Waals surface area contributed by atoms with Crippen molar-refractivity contribution in [2.24, 2.45) is 0 Å². The lowest BCUT2D eigenvalue weighted by Gasteiger charge is -2.42. The number of fused-ring (bicyclic) bond motifs is 4. The molecular formula is C20H25ClN4O2. The van der Waals surface area contributed by atoms with Crippen molar-refractivity contribution >= 4 is 34.4 Å². The molecule has 0 unspecified atom stereocenters. The Morgan fingerprint density at radius 3 is 2.67 bits per heavy atom. The van der Waals surface area contributed by atoms with Crippen molar-refractivity contribution in [1.82, 2.24) is 15.2 Å². The summed E-state index contributed by atoms with van der Waals surface area (Å²) in [5.41, 5.74) is 2.84. The molecule has 0 atom stereocenters. The van der Waals surface area contributed by atoms with Gasteiger partial charge in [0.25, 0.3) is 0 Å². The van der Waals surface area contributed by atoms with Crippen LogP contribution in [0.4, 0.5) is 10.5 Å². The van der Waals surface area contributed by atoms with E-state index in [1.807, 2.05) is 6.07 Å². The quantitative estimate of drug-likeness (QED) is 0.777. The number of nitrogens with one attached hydrogen (secondary N) is 2. The summed E-state index contributed by atoms with van der Waals surface area (Å²) in [4.78, 5) is 19.5. The van der Waals surface area contributed by atoms with Crippen molar-refractivity contribution in [1.29, 1.82) is 0 Å². The molecule has 1 aliphatic carbocycles. The summed E-state index contributed by atoms with van der Waals surface area (Å²) in [6.45, 7) is 2.92. The Labute approximate surface area is 163 Å². The Hall–Kier alpha value is -1.79. The molecule has 3 heterocycles. The van der Waals surface area contributed by atoms with E-state index in [-0.39, 0.29) is 6.03 Å². The van der Waals surface area contributed by atoms with E-state index in [0.29, 0.717) is 10.7 Å². The lowest BCUT2D eigenvalue weighted by atomic mass is 9.74. The Morgan fingerprint density at radius 1 is 1.15 bits per heavy atom. The summed E-state index contributed by atoms with van der Waals surface area (Å²) in [5.74, 6) is 0.735. The number of hydrogen-bond donors (Lipinski definition) is 2. The molecule has 0 radical (unpaired) electrons. The number of urea groups is 1. The van der Waals surface area contributed by atoms with E-state index in [9.17, 15) is 4.79 Å². The monoisotopic (exact) mass is 388 g/mol. The third-order valence-electron chi connectivity index (χ3n) is 6.26. The van der Waals surface area contributed by atoms with Crippen LogP contribution >= 0.6 is 11.6 Å². The van der Waals surface area contributed by atoms with Crippen molar-refractivity contribution in [2.45, 2.75) is 63.5 Å². The van der Waals surface area contributed by atoms with E-state index < -0.39 is 5.54 Å². The fourth-order valence-corrected chi connectivity index (χ4v) is 5.24. The largest absolute Gasteiger partial charge is 0.439 e. The molecule has 2 aromatic rings. The summed E-state index contributed by atoms with van der Waals surface area (Å²) in [7, 11) is 0. The maximum absolute atomic E-state index is 12.3. The van der Waals surface area contributed by atoms with Gasteiger partial charge in [-0.3, -0.25) is 4.90 Å². The standard InChI is InChI=1S/C20H25ClN4O2/c21-13-11-14-18(27-15(22-14)12-25-9-5-2-6-10-25)16-17(13)23-19(26)24-20(16)7-3-1-4-8-20/h11H,1-10,12H2,(H2,23,24,26). The average molecular weight is 389 g/mol. The molecule has 2 aliphatic heterocycles. The molecule has 3 aliphatic rings. The van der Waals surface area contributed by atoms with Crippen LogP contribution in [-0.2, 0) is 12.1 Å². The topological polar surface area (TPSA) is 70.4 Å². The number of carbonyl (C=O) groups excluding carboxylic acids is 1. The minimum absolute atomic E-state index is 0.182. The van der Waals surface area contributed by atoms with Crippen LogP contribution in [0.5, 0.6) is 0 Å². The van der Waals surface area contributed by atoms with E-state index in [1.165, 1.54) is 25.7 Å². The SMILES string of the molecule is O=C1Nc2c(Cl)cc3nc(CN4CCCCC4)oc3c2C2(CCCCC2)N1. The first-order valence-corrected chi connectivity index (χ1v) is 10.5. The molecule has 1 aromatic carbocycles. The summed E-state index contributed by atoms with van der Waals surface area (Å²) >= 11 is 6.56. The van der Waals surface area contributed by atoms with Gasteiger partial charge in [0.2, 0.25) is 5.89 Å². The van der Waals surface area contributed by atoms with Crippen LogP contribution in [0.25, 0.3) is 11.1 Å². The number of rotatable bonds is 2. The van der Waals surface area contributed by atoms with Crippen LogP contribution in [0.15, 0.2) is 10.5 Å². The van der Waals surface area contributed by atoms with Crippen LogP contribution in [0.2, 0.25) is 5.02 Å². The number of hydrogen-bond acceptors (Lipinski definition) is 4. The van der Waals surface area contributed by atoms with Gasteiger partial charge in [-0.25, -0.2) is 9.78 Å². The predicted molar refractivity (Wildman–Crippen MR) is 105 cm³/mol. The number of nitrogens with zero attached hydrogens (tertiary/aromatic N) is 2. The number of halogens is 1. The number of oxazole rings is 1. The number of amides is 2. The molecule has 2 fully saturated rings. The molecule has 27 heavy (non-hydrogen) atoms. The molecule has 5 rings (SSSR count). The summed E-state index contributed by atoms with van der Waals surface area (Å²) in [6, 6.07) is 1.64. The fourth-order valence-electron chi connectivity index (χ4n) is 4.99. The lowest BCUT2D eigenvalue weighted by Crippen LogP contribution is -2.52. The van der Waals surface area contributed by atoms with Gasteiger partial charge in [-0.1, -0.05) is 37.3 Å². The second-order valence-corrected chi connectivity index (χ2v) is 8.53. The van der Waals surface area contributed by atoms with E-state index >= 15 is 0 Å². The van der Waals surface area contributed by atoms with Gasteiger partial charge in [0.1, 0.15) is 5.52 Å². The number of piperidine rings is 1. The molecule has 2 N–H and O–H groups in total. The molecule has 144 valence electrons. The molecule has 6 nitrogen and oxygen atoms in total. The van der Waals surface area contributed by atoms with Gasteiger partial charge in [-0.2, -0.15) is 0 Å². The van der Waals surface area contributed by atoms with Crippen LogP contribution < -0.4 is 10.6 Å². The summed E-state index contributed by atoms with van der Waals surface area (Å²) in [6.07, 6.45) is 8.96. The predicted octanol–water partition coefficient (Wildman–Crippen LogP) is 4.76. The van der Waals surface area contributed by atoms with Crippen molar-refractivity contribution in [3.05, 3.63) is 22.5 Å². The normalized spacial score (nSPS) is 22.5. The molecule has 2 amide bonds. The average Bonchev–Trinajstić information content (AvgIpc) is 3.05. The summed E-state index contributed by atoms with van der Waals surface area (Å²) < 4.78 is 6.28. The van der Waals surface area contributed by atoms with E-state index in [0.717, 1.165) is 67.9 Å². The molecule has 1 spiro atoms. The van der Waals surface area contributed by atoms with Gasteiger partial charge in [0.05, 0.1) is 22.8 Å². The zero-order chi connectivity index (χ0) is 18.4. The minimum atomic E-state index is -0.402. The third kappa shape index (κ3) is 2.99. The molecule has 1 saturated heterocycles. The number of likely N-dealkylation sites (tertiary alicyclic amines) is 1. The van der Waals surface area contributed by atoms with Crippen molar-refractivity contribution in [2.75, 3.05) is 18.4 Å². The smallest absolute Gasteiger partial charge is 0.319 e. The number of benzene rings is 1. The Kier molecular flexibility index (Phi) is 4.28. The van der Waals surface area contributed by atoms with Crippen molar-refractivity contribution in [3.63, 3.8) is 0 Å². The molecule has 0 bridgehead atoms. The summed E-state index contributed by atoms with van der Waals surface area (Å²) in [5, 5.41) is 6.63. The van der Waals surface area contributed by atoms with Crippen LogP contribution in [-0.4, -0.2) is 29.0 Å². The minimum Gasteiger partial charge on any atom is -0.439 e. The molecular weight excluding hydrogens is 364 g/mol. The maximum atomic E-state index is 12.3. The van der Waals surface area contributed by atoms with Crippen LogP contribution in [0.1, 0.15) is 62.8 Å². The van der Waals surface area contributed by atoms with Crippen LogP contribution in [0, 0.1) is 0 Å². The second-order valence-electron chi connectivity index (χ2n) is 8.12. The lowest BCUT2D eigenvalue weighted by molar-refractivity contribution is 0.201. The number of carbonyl (C=O) groups is 1. The zero-order valence-corrected chi connectivity index (χ0v) is 16.2. The second kappa shape index (κ2) is 6.67. The van der Waals surface area contributed by atoms with Crippen LogP contribution in [0.3, 0.4) is 0 Å². The van der Waals surface area contributed by atoms with Gasteiger partial charge >= 0.3 is 6.03 Å². The number of aromatic nitrogens is 1. The first-order valence-electron chi connectivity index (χ1n) is 10.1. The van der Waals surface area contributed by atoms with E-state index in [1.54, 1.807) is 0 Å². The maximum Gasteiger partial charge on any atom is 0.319 e.